The van der Waals surface area contributed by atoms with E-state index < -0.39 is 38.3 Å². The minimum absolute atomic E-state index is 0.127. The van der Waals surface area contributed by atoms with E-state index in [1.165, 1.54) is 0 Å². The summed E-state index contributed by atoms with van der Waals surface area (Å²) < 4.78 is 60.8. The summed E-state index contributed by atoms with van der Waals surface area (Å²) in [5, 5.41) is 0. The first kappa shape index (κ1) is 20.2. The van der Waals surface area contributed by atoms with Gasteiger partial charge in [0.05, 0.1) is 20.0 Å². The van der Waals surface area contributed by atoms with E-state index in [0.717, 1.165) is 0 Å². The van der Waals surface area contributed by atoms with E-state index in [4.69, 9.17) is 0 Å². The topological polar surface area (TPSA) is 26.3 Å². The largest absolute Gasteiger partial charge is 0.462 e. The quantitative estimate of drug-likeness (QED) is 0.420. The van der Waals surface area contributed by atoms with Crippen molar-refractivity contribution in [1.29, 1.82) is 0 Å². The summed E-state index contributed by atoms with van der Waals surface area (Å²) in [5.74, 6) is -0.677. The average Bonchev–Trinajstić information content (AvgIpc) is 2.32. The molecular weight excluding hydrogens is 271 g/mol. The molecule has 0 radical (unpaired) electrons. The number of esters is 1. The van der Waals surface area contributed by atoms with Gasteiger partial charge in [0.15, 0.2) is 0 Å². The fraction of sp³-hybridized carbons (Fsp3) is 0.750. The zero-order valence-electron chi connectivity index (χ0n) is 11.0. The number of carbonyl (C=O) groups excluding carboxylic acids is 1. The normalized spacial score (nSPS) is 12.2. The van der Waals surface area contributed by atoms with Crippen LogP contribution in [0.15, 0.2) is 12.2 Å². The molecule has 0 aliphatic rings. The van der Waals surface area contributed by atoms with E-state index >= 15 is 0 Å². The Balaban J connectivity index is 0. The molecule has 1 unspecified atom stereocenters. The lowest BCUT2D eigenvalue weighted by Gasteiger charge is -2.07. The second-order valence-electron chi connectivity index (χ2n) is 4.05. The van der Waals surface area contributed by atoms with Gasteiger partial charge in [0.1, 0.15) is 0 Å². The summed E-state index contributed by atoms with van der Waals surface area (Å²) in [7, 11) is 0. The standard InChI is InChI=1S/C8H13FO2.C4H6F4/c1-6(2)8(10)11-5-7(3)4-9;5-3-1-2-4(6,7)8/h7H,1,4-5H2,2-3H3;1-3H2. The molecule has 0 spiro atoms. The number of hydrogen-bond donors (Lipinski definition) is 0. The Morgan fingerprint density at radius 2 is 1.84 bits per heavy atom. The highest BCUT2D eigenvalue weighted by atomic mass is 19.4. The Morgan fingerprint density at radius 1 is 1.32 bits per heavy atom. The van der Waals surface area contributed by atoms with Crippen LogP contribution in [0, 0.1) is 5.92 Å². The van der Waals surface area contributed by atoms with Crippen molar-refractivity contribution < 1.29 is 31.5 Å². The highest BCUT2D eigenvalue weighted by Gasteiger charge is 2.25. The van der Waals surface area contributed by atoms with Gasteiger partial charge in [-0.1, -0.05) is 13.5 Å². The van der Waals surface area contributed by atoms with Crippen LogP contribution in [0.1, 0.15) is 26.7 Å². The summed E-state index contributed by atoms with van der Waals surface area (Å²) in [6, 6.07) is 0. The van der Waals surface area contributed by atoms with Crippen molar-refractivity contribution >= 4 is 5.97 Å². The second-order valence-corrected chi connectivity index (χ2v) is 4.05. The van der Waals surface area contributed by atoms with E-state index in [1.807, 2.05) is 0 Å². The maximum atomic E-state index is 11.8. The van der Waals surface area contributed by atoms with Crippen LogP contribution < -0.4 is 0 Å². The minimum atomic E-state index is -4.19. The molecule has 0 saturated carbocycles. The van der Waals surface area contributed by atoms with Gasteiger partial charge in [-0.05, 0) is 13.3 Å². The lowest BCUT2D eigenvalue weighted by atomic mass is 10.2. The first-order chi connectivity index (χ1) is 8.64. The van der Waals surface area contributed by atoms with E-state index in [0.29, 0.717) is 5.57 Å². The molecule has 0 heterocycles. The highest BCUT2D eigenvalue weighted by molar-refractivity contribution is 5.86. The molecule has 0 aromatic carbocycles. The average molecular weight is 290 g/mol. The number of ether oxygens (including phenoxy) is 1. The van der Waals surface area contributed by atoms with Crippen LogP contribution in [0.5, 0.6) is 0 Å². The SMILES string of the molecule is C=C(C)C(=O)OCC(C)CF.FCCCC(F)(F)F. The van der Waals surface area contributed by atoms with Gasteiger partial charge < -0.3 is 4.74 Å². The van der Waals surface area contributed by atoms with Gasteiger partial charge in [-0.2, -0.15) is 13.2 Å². The second kappa shape index (κ2) is 10.8. The van der Waals surface area contributed by atoms with E-state index in [1.54, 1.807) is 13.8 Å². The van der Waals surface area contributed by atoms with E-state index in [9.17, 15) is 26.7 Å². The third kappa shape index (κ3) is 16.9. The third-order valence-corrected chi connectivity index (χ3v) is 1.70. The molecule has 0 bridgehead atoms. The molecule has 0 aliphatic heterocycles. The summed E-state index contributed by atoms with van der Waals surface area (Å²) >= 11 is 0. The molecule has 1 atom stereocenters. The van der Waals surface area contributed by atoms with E-state index in [-0.39, 0.29) is 12.5 Å². The zero-order chi connectivity index (χ0) is 15.5. The Labute approximate surface area is 109 Å². The molecule has 7 heteroatoms. The van der Waals surface area contributed by atoms with Gasteiger partial charge >= 0.3 is 12.1 Å². The smallest absolute Gasteiger partial charge is 0.389 e. The van der Waals surface area contributed by atoms with Crippen LogP contribution in [0.2, 0.25) is 0 Å². The monoisotopic (exact) mass is 290 g/mol. The van der Waals surface area contributed by atoms with Crippen LogP contribution in [-0.2, 0) is 9.53 Å². The molecule has 0 rings (SSSR count). The van der Waals surface area contributed by atoms with Gasteiger partial charge in [0, 0.05) is 17.9 Å². The highest BCUT2D eigenvalue weighted by Crippen LogP contribution is 2.20. The molecule has 0 N–H and O–H groups in total. The molecule has 114 valence electrons. The summed E-state index contributed by atoms with van der Waals surface area (Å²) in [6.45, 7) is 5.39. The van der Waals surface area contributed by atoms with Crippen LogP contribution in [0.4, 0.5) is 22.0 Å². The molecule has 2 nitrogen and oxygen atoms in total. The summed E-state index contributed by atoms with van der Waals surface area (Å²) in [6.07, 6.45) is -5.61. The van der Waals surface area contributed by atoms with Crippen molar-refractivity contribution in [2.75, 3.05) is 20.0 Å². The maximum absolute atomic E-state index is 11.8. The Kier molecular flexibility index (Phi) is 11.4. The molecular formula is C12H19F5O2. The van der Waals surface area contributed by atoms with Crippen molar-refractivity contribution in [3.05, 3.63) is 12.2 Å². The van der Waals surface area contributed by atoms with Crippen molar-refractivity contribution in [2.24, 2.45) is 5.92 Å². The van der Waals surface area contributed by atoms with Gasteiger partial charge in [-0.25, -0.2) is 4.79 Å². The lowest BCUT2D eigenvalue weighted by Crippen LogP contribution is -2.13. The van der Waals surface area contributed by atoms with Crippen molar-refractivity contribution in [3.63, 3.8) is 0 Å². The Bertz CT molecular complexity index is 263. The third-order valence-electron chi connectivity index (χ3n) is 1.70. The van der Waals surface area contributed by atoms with Crippen LogP contribution in [0.25, 0.3) is 0 Å². The Morgan fingerprint density at radius 3 is 2.11 bits per heavy atom. The summed E-state index contributed by atoms with van der Waals surface area (Å²) in [4.78, 5) is 10.7. The lowest BCUT2D eigenvalue weighted by molar-refractivity contribution is -0.140. The zero-order valence-corrected chi connectivity index (χ0v) is 11.0. The minimum Gasteiger partial charge on any atom is -0.462 e. The molecule has 0 aromatic heterocycles. The van der Waals surface area contributed by atoms with Crippen molar-refractivity contribution in [1.82, 2.24) is 0 Å². The van der Waals surface area contributed by atoms with E-state index in [2.05, 4.69) is 11.3 Å². The fourth-order valence-corrected chi connectivity index (χ4v) is 0.653. The van der Waals surface area contributed by atoms with Gasteiger partial charge in [-0.15, -0.1) is 0 Å². The molecule has 0 amide bonds. The van der Waals surface area contributed by atoms with Crippen molar-refractivity contribution in [3.8, 4) is 0 Å². The van der Waals surface area contributed by atoms with Crippen LogP contribution in [-0.4, -0.2) is 32.1 Å². The first-order valence-corrected chi connectivity index (χ1v) is 5.65. The van der Waals surface area contributed by atoms with Crippen molar-refractivity contribution in [2.45, 2.75) is 32.9 Å². The number of rotatable bonds is 6. The number of hydrogen-bond acceptors (Lipinski definition) is 2. The predicted octanol–water partition coefficient (Wildman–Crippen LogP) is 4.01. The Hall–Kier alpha value is -1.14. The van der Waals surface area contributed by atoms with Crippen LogP contribution >= 0.6 is 0 Å². The molecule has 0 saturated heterocycles. The maximum Gasteiger partial charge on any atom is 0.389 e. The predicted molar refractivity (Wildman–Crippen MR) is 62.2 cm³/mol. The number of halogens is 5. The van der Waals surface area contributed by atoms with Crippen LogP contribution in [0.3, 0.4) is 0 Å². The van der Waals surface area contributed by atoms with Gasteiger partial charge in [0.25, 0.3) is 0 Å². The first-order valence-electron chi connectivity index (χ1n) is 5.65. The fourth-order valence-electron chi connectivity index (χ4n) is 0.653. The molecule has 0 fully saturated rings. The molecule has 19 heavy (non-hydrogen) atoms. The number of alkyl halides is 5. The molecule has 0 aromatic rings. The number of carbonyl (C=O) groups is 1. The van der Waals surface area contributed by atoms with Gasteiger partial charge in [0.2, 0.25) is 0 Å². The molecule has 0 aliphatic carbocycles. The summed E-state index contributed by atoms with van der Waals surface area (Å²) in [5.41, 5.74) is 0.344. The van der Waals surface area contributed by atoms with Gasteiger partial charge in [-0.3, -0.25) is 8.78 Å².